The molecule has 0 aromatic carbocycles. The Morgan fingerprint density at radius 3 is 2.60 bits per heavy atom. The normalized spacial score (nSPS) is 19.9. The van der Waals surface area contributed by atoms with Gasteiger partial charge in [0.25, 0.3) is 0 Å². The average molecular weight is 363 g/mol. The van der Waals surface area contributed by atoms with Crippen molar-refractivity contribution in [2.24, 2.45) is 13.0 Å². The SMILES string of the molecule is CN(CC1CCN(c2nc3cccnc3n2C)CC1)S(=O)(=O)C1CC1. The molecule has 1 aliphatic heterocycles. The summed E-state index contributed by atoms with van der Waals surface area (Å²) in [6.45, 7) is 2.44. The van der Waals surface area contributed by atoms with E-state index in [4.69, 9.17) is 4.98 Å². The third-order valence-corrected chi connectivity index (χ3v) is 7.73. The molecule has 1 saturated carbocycles. The van der Waals surface area contributed by atoms with E-state index in [-0.39, 0.29) is 5.25 Å². The number of piperidine rings is 1. The summed E-state index contributed by atoms with van der Waals surface area (Å²) in [4.78, 5) is 11.4. The molecule has 2 aromatic heterocycles. The predicted octanol–water partition coefficient (Wildman–Crippen LogP) is 1.61. The molecule has 1 saturated heterocycles. The monoisotopic (exact) mass is 363 g/mol. The number of nitrogens with zero attached hydrogens (tertiary/aromatic N) is 5. The highest BCUT2D eigenvalue weighted by molar-refractivity contribution is 7.90. The van der Waals surface area contributed by atoms with Crippen LogP contribution in [0.2, 0.25) is 0 Å². The van der Waals surface area contributed by atoms with Crippen molar-refractivity contribution >= 4 is 27.1 Å². The third-order valence-electron chi connectivity index (χ3n) is 5.40. The fourth-order valence-electron chi connectivity index (χ4n) is 3.70. The number of aryl methyl sites for hydroxylation is 1. The van der Waals surface area contributed by atoms with Crippen LogP contribution in [0.1, 0.15) is 25.7 Å². The zero-order chi connectivity index (χ0) is 17.6. The number of imidazole rings is 1. The van der Waals surface area contributed by atoms with Crippen LogP contribution in [-0.2, 0) is 17.1 Å². The molecule has 0 spiro atoms. The Bertz CT molecular complexity index is 866. The zero-order valence-electron chi connectivity index (χ0n) is 14.8. The number of hydrogen-bond acceptors (Lipinski definition) is 5. The maximum Gasteiger partial charge on any atom is 0.216 e. The number of rotatable bonds is 5. The minimum atomic E-state index is -3.06. The van der Waals surface area contributed by atoms with E-state index in [9.17, 15) is 8.42 Å². The maximum absolute atomic E-state index is 12.3. The molecule has 4 rings (SSSR count). The highest BCUT2D eigenvalue weighted by Gasteiger charge is 2.39. The summed E-state index contributed by atoms with van der Waals surface area (Å²) in [5.74, 6) is 1.37. The number of pyridine rings is 1. The van der Waals surface area contributed by atoms with Gasteiger partial charge in [-0.15, -0.1) is 0 Å². The van der Waals surface area contributed by atoms with Crippen molar-refractivity contribution < 1.29 is 8.42 Å². The molecule has 0 bridgehead atoms. The summed E-state index contributed by atoms with van der Waals surface area (Å²) in [7, 11) is 0.673. The van der Waals surface area contributed by atoms with Crippen LogP contribution in [-0.4, -0.2) is 59.2 Å². The van der Waals surface area contributed by atoms with Gasteiger partial charge in [-0.25, -0.2) is 22.7 Å². The Hall–Kier alpha value is -1.67. The van der Waals surface area contributed by atoms with Crippen molar-refractivity contribution in [2.75, 3.05) is 31.6 Å². The van der Waals surface area contributed by atoms with Gasteiger partial charge in [0.15, 0.2) is 5.65 Å². The lowest BCUT2D eigenvalue weighted by atomic mass is 9.97. The lowest BCUT2D eigenvalue weighted by molar-refractivity contribution is 0.326. The third kappa shape index (κ3) is 3.13. The molecule has 0 amide bonds. The van der Waals surface area contributed by atoms with Crippen LogP contribution in [0.25, 0.3) is 11.2 Å². The minimum absolute atomic E-state index is 0.120. The van der Waals surface area contributed by atoms with Crippen molar-refractivity contribution in [3.63, 3.8) is 0 Å². The largest absolute Gasteiger partial charge is 0.342 e. The number of aromatic nitrogens is 3. The number of fused-ring (bicyclic) bond motifs is 1. The number of anilines is 1. The van der Waals surface area contributed by atoms with Crippen molar-refractivity contribution in [3.8, 4) is 0 Å². The average Bonchev–Trinajstić information content (AvgIpc) is 3.41. The van der Waals surface area contributed by atoms with E-state index in [2.05, 4.69) is 9.88 Å². The number of sulfonamides is 1. The first-order valence-electron chi connectivity index (χ1n) is 8.94. The van der Waals surface area contributed by atoms with Gasteiger partial charge in [-0.05, 0) is 43.7 Å². The second-order valence-corrected chi connectivity index (χ2v) is 9.59. The Kier molecular flexibility index (Phi) is 4.19. The molecule has 25 heavy (non-hydrogen) atoms. The summed E-state index contributed by atoms with van der Waals surface area (Å²) >= 11 is 0. The molecule has 2 aliphatic rings. The standard InChI is InChI=1S/C17H25N5O2S/c1-20(25(23,24)14-5-6-14)12-13-7-10-22(11-8-13)17-19-15-4-3-9-18-16(15)21(17)2/h3-4,9,13-14H,5-8,10-12H2,1-2H3. The fraction of sp³-hybridized carbons (Fsp3) is 0.647. The van der Waals surface area contributed by atoms with Crippen LogP contribution < -0.4 is 4.90 Å². The van der Waals surface area contributed by atoms with Gasteiger partial charge in [0.2, 0.25) is 16.0 Å². The first-order valence-corrected chi connectivity index (χ1v) is 10.4. The Morgan fingerprint density at radius 1 is 1.24 bits per heavy atom. The fourth-order valence-corrected chi connectivity index (χ4v) is 5.36. The van der Waals surface area contributed by atoms with Gasteiger partial charge in [0.1, 0.15) is 5.52 Å². The van der Waals surface area contributed by atoms with Crippen LogP contribution in [0.4, 0.5) is 5.95 Å². The van der Waals surface area contributed by atoms with E-state index in [1.165, 1.54) is 0 Å². The van der Waals surface area contributed by atoms with Gasteiger partial charge in [0, 0.05) is 39.9 Å². The summed E-state index contributed by atoms with van der Waals surface area (Å²) < 4.78 is 28.2. The molecule has 0 atom stereocenters. The van der Waals surface area contributed by atoms with E-state index in [0.717, 1.165) is 55.9 Å². The highest BCUT2D eigenvalue weighted by atomic mass is 32.2. The molecule has 0 N–H and O–H groups in total. The second-order valence-electron chi connectivity index (χ2n) is 7.27. The van der Waals surface area contributed by atoms with Crippen molar-refractivity contribution in [2.45, 2.75) is 30.9 Å². The summed E-state index contributed by atoms with van der Waals surface area (Å²) in [5, 5.41) is -0.120. The summed E-state index contributed by atoms with van der Waals surface area (Å²) in [6, 6.07) is 3.89. The van der Waals surface area contributed by atoms with Crippen molar-refractivity contribution in [1.29, 1.82) is 0 Å². The van der Waals surface area contributed by atoms with Gasteiger partial charge in [-0.2, -0.15) is 0 Å². The molecular formula is C17H25N5O2S. The summed E-state index contributed by atoms with van der Waals surface area (Å²) in [5.41, 5.74) is 1.81. The molecule has 1 aliphatic carbocycles. The highest BCUT2D eigenvalue weighted by Crippen LogP contribution is 2.32. The van der Waals surface area contributed by atoms with Gasteiger partial charge >= 0.3 is 0 Å². The summed E-state index contributed by atoms with van der Waals surface area (Å²) in [6.07, 6.45) is 5.41. The lowest BCUT2D eigenvalue weighted by Gasteiger charge is -2.34. The Labute approximate surface area is 148 Å². The second kappa shape index (κ2) is 6.25. The van der Waals surface area contributed by atoms with E-state index in [0.29, 0.717) is 12.5 Å². The first kappa shape index (κ1) is 16.8. The molecule has 0 unspecified atom stereocenters. The van der Waals surface area contributed by atoms with Gasteiger partial charge in [0.05, 0.1) is 5.25 Å². The van der Waals surface area contributed by atoms with Crippen LogP contribution in [0, 0.1) is 5.92 Å². The molecule has 0 radical (unpaired) electrons. The van der Waals surface area contributed by atoms with Crippen LogP contribution in [0.15, 0.2) is 18.3 Å². The molecular weight excluding hydrogens is 338 g/mol. The zero-order valence-corrected chi connectivity index (χ0v) is 15.6. The Balaban J connectivity index is 1.40. The van der Waals surface area contributed by atoms with E-state index in [1.54, 1.807) is 17.5 Å². The topological polar surface area (TPSA) is 71.3 Å². The van der Waals surface area contributed by atoms with Gasteiger partial charge in [-0.1, -0.05) is 0 Å². The molecule has 8 heteroatoms. The maximum atomic E-state index is 12.3. The molecule has 136 valence electrons. The molecule has 2 fully saturated rings. The molecule has 3 heterocycles. The lowest BCUT2D eigenvalue weighted by Crippen LogP contribution is -2.41. The van der Waals surface area contributed by atoms with Crippen LogP contribution in [0.5, 0.6) is 0 Å². The van der Waals surface area contributed by atoms with Gasteiger partial charge in [-0.3, -0.25) is 4.57 Å². The van der Waals surface area contributed by atoms with Gasteiger partial charge < -0.3 is 4.90 Å². The minimum Gasteiger partial charge on any atom is -0.342 e. The smallest absolute Gasteiger partial charge is 0.216 e. The van der Waals surface area contributed by atoms with E-state index in [1.807, 2.05) is 23.7 Å². The molecule has 7 nitrogen and oxygen atoms in total. The quantitative estimate of drug-likeness (QED) is 0.807. The number of hydrogen-bond donors (Lipinski definition) is 0. The van der Waals surface area contributed by atoms with E-state index >= 15 is 0 Å². The van der Waals surface area contributed by atoms with E-state index < -0.39 is 10.0 Å². The molecule has 2 aromatic rings. The van der Waals surface area contributed by atoms with Crippen LogP contribution >= 0.6 is 0 Å². The Morgan fingerprint density at radius 2 is 1.96 bits per heavy atom. The van der Waals surface area contributed by atoms with Crippen molar-refractivity contribution in [3.05, 3.63) is 18.3 Å². The first-order chi connectivity index (χ1) is 12.0. The van der Waals surface area contributed by atoms with Crippen LogP contribution in [0.3, 0.4) is 0 Å². The van der Waals surface area contributed by atoms with Crippen molar-refractivity contribution in [1.82, 2.24) is 18.8 Å². The predicted molar refractivity (Wildman–Crippen MR) is 98.0 cm³/mol.